The molecule has 0 bridgehead atoms. The van der Waals surface area contributed by atoms with Gasteiger partial charge in [-0.3, -0.25) is 4.79 Å². The monoisotopic (exact) mass is 373 g/mol. The molecule has 3 rings (SSSR count). The summed E-state index contributed by atoms with van der Waals surface area (Å²) in [6.07, 6.45) is 0.476. The van der Waals surface area contributed by atoms with E-state index in [-0.39, 0.29) is 23.5 Å². The SMILES string of the molecule is COc1cccc(CN(C(=O)c2ccc(C)cc2)C2CCS(=O)(=O)C2)c1. The van der Waals surface area contributed by atoms with E-state index in [2.05, 4.69) is 0 Å². The summed E-state index contributed by atoms with van der Waals surface area (Å²) in [6.45, 7) is 2.32. The largest absolute Gasteiger partial charge is 0.497 e. The molecule has 0 N–H and O–H groups in total. The van der Waals surface area contributed by atoms with E-state index in [1.54, 1.807) is 24.1 Å². The molecule has 1 saturated heterocycles. The zero-order valence-corrected chi connectivity index (χ0v) is 15.8. The Morgan fingerprint density at radius 2 is 1.92 bits per heavy atom. The van der Waals surface area contributed by atoms with Gasteiger partial charge >= 0.3 is 0 Å². The predicted octanol–water partition coefficient (Wildman–Crippen LogP) is 2.83. The molecule has 1 amide bonds. The number of ether oxygens (including phenoxy) is 1. The Kier molecular flexibility index (Phi) is 5.32. The molecular weight excluding hydrogens is 350 g/mol. The molecule has 1 unspecified atom stereocenters. The van der Waals surface area contributed by atoms with Gasteiger partial charge in [0, 0.05) is 18.2 Å². The lowest BCUT2D eigenvalue weighted by atomic mass is 10.1. The van der Waals surface area contributed by atoms with Gasteiger partial charge in [-0.05, 0) is 43.2 Å². The van der Waals surface area contributed by atoms with Gasteiger partial charge in [-0.2, -0.15) is 0 Å². The fourth-order valence-corrected chi connectivity index (χ4v) is 4.95. The predicted molar refractivity (Wildman–Crippen MR) is 101 cm³/mol. The Balaban J connectivity index is 1.90. The Morgan fingerprint density at radius 1 is 1.19 bits per heavy atom. The van der Waals surface area contributed by atoms with E-state index >= 15 is 0 Å². The number of carbonyl (C=O) groups excluding carboxylic acids is 1. The molecule has 6 heteroatoms. The number of aryl methyl sites for hydroxylation is 1. The molecule has 0 spiro atoms. The molecule has 1 fully saturated rings. The normalized spacial score (nSPS) is 18.5. The molecule has 0 radical (unpaired) electrons. The minimum atomic E-state index is -3.09. The van der Waals surface area contributed by atoms with Crippen molar-refractivity contribution in [2.75, 3.05) is 18.6 Å². The first-order valence-corrected chi connectivity index (χ1v) is 10.4. The minimum absolute atomic E-state index is 0.0224. The molecule has 0 aromatic heterocycles. The van der Waals surface area contributed by atoms with Crippen LogP contribution in [0.5, 0.6) is 5.75 Å². The van der Waals surface area contributed by atoms with Gasteiger partial charge in [0.25, 0.3) is 5.91 Å². The van der Waals surface area contributed by atoms with Gasteiger partial charge in [0.05, 0.1) is 18.6 Å². The fourth-order valence-electron chi connectivity index (χ4n) is 3.22. The van der Waals surface area contributed by atoms with Gasteiger partial charge in [-0.25, -0.2) is 8.42 Å². The van der Waals surface area contributed by atoms with E-state index in [0.29, 0.717) is 24.3 Å². The first-order valence-electron chi connectivity index (χ1n) is 8.59. The molecule has 0 aliphatic carbocycles. The number of carbonyl (C=O) groups is 1. The third kappa shape index (κ3) is 4.25. The third-order valence-electron chi connectivity index (χ3n) is 4.70. The van der Waals surface area contributed by atoms with Crippen LogP contribution in [0.2, 0.25) is 0 Å². The second kappa shape index (κ2) is 7.50. The number of sulfone groups is 1. The summed E-state index contributed by atoms with van der Waals surface area (Å²) in [5.74, 6) is 0.723. The van der Waals surface area contributed by atoms with Crippen LogP contribution in [0.4, 0.5) is 0 Å². The maximum atomic E-state index is 13.1. The van der Waals surface area contributed by atoms with E-state index in [1.165, 1.54) is 0 Å². The van der Waals surface area contributed by atoms with Crippen LogP contribution in [0.3, 0.4) is 0 Å². The molecular formula is C20H23NO4S. The van der Waals surface area contributed by atoms with Crippen molar-refractivity contribution in [3.05, 3.63) is 65.2 Å². The van der Waals surface area contributed by atoms with Crippen LogP contribution >= 0.6 is 0 Å². The van der Waals surface area contributed by atoms with Crippen LogP contribution in [-0.4, -0.2) is 43.9 Å². The van der Waals surface area contributed by atoms with Gasteiger partial charge in [0.1, 0.15) is 5.75 Å². The summed E-state index contributed by atoms with van der Waals surface area (Å²) in [4.78, 5) is 14.8. The molecule has 2 aromatic carbocycles. The molecule has 0 saturated carbocycles. The number of benzene rings is 2. The number of methoxy groups -OCH3 is 1. The average molecular weight is 373 g/mol. The third-order valence-corrected chi connectivity index (χ3v) is 6.45. The zero-order valence-electron chi connectivity index (χ0n) is 15.0. The van der Waals surface area contributed by atoms with Crippen LogP contribution in [0.1, 0.15) is 27.9 Å². The lowest BCUT2D eigenvalue weighted by molar-refractivity contribution is 0.0681. The van der Waals surface area contributed by atoms with Crippen LogP contribution in [-0.2, 0) is 16.4 Å². The maximum Gasteiger partial charge on any atom is 0.254 e. The van der Waals surface area contributed by atoms with Gasteiger partial charge in [-0.15, -0.1) is 0 Å². The van der Waals surface area contributed by atoms with Crippen LogP contribution in [0, 0.1) is 6.92 Å². The molecule has 2 aromatic rings. The number of nitrogens with zero attached hydrogens (tertiary/aromatic N) is 1. The molecule has 1 aliphatic heterocycles. The second-order valence-corrected chi connectivity index (χ2v) is 8.94. The van der Waals surface area contributed by atoms with Crippen LogP contribution < -0.4 is 4.74 Å². The highest BCUT2D eigenvalue weighted by molar-refractivity contribution is 7.91. The first kappa shape index (κ1) is 18.5. The minimum Gasteiger partial charge on any atom is -0.497 e. The second-order valence-electron chi connectivity index (χ2n) is 6.71. The van der Waals surface area contributed by atoms with Crippen LogP contribution in [0.15, 0.2) is 48.5 Å². The Labute approximate surface area is 154 Å². The van der Waals surface area contributed by atoms with Crippen molar-refractivity contribution < 1.29 is 17.9 Å². The molecule has 5 nitrogen and oxygen atoms in total. The van der Waals surface area contributed by atoms with E-state index < -0.39 is 9.84 Å². The number of amides is 1. The Bertz CT molecular complexity index is 890. The highest BCUT2D eigenvalue weighted by atomic mass is 32.2. The molecule has 26 heavy (non-hydrogen) atoms. The molecule has 1 heterocycles. The highest BCUT2D eigenvalue weighted by Gasteiger charge is 2.35. The number of hydrogen-bond acceptors (Lipinski definition) is 4. The first-order chi connectivity index (χ1) is 12.4. The van der Waals surface area contributed by atoms with E-state index in [9.17, 15) is 13.2 Å². The van der Waals surface area contributed by atoms with Crippen molar-refractivity contribution >= 4 is 15.7 Å². The van der Waals surface area contributed by atoms with Crippen molar-refractivity contribution in [3.63, 3.8) is 0 Å². The quantitative estimate of drug-likeness (QED) is 0.808. The Morgan fingerprint density at radius 3 is 2.54 bits per heavy atom. The van der Waals surface area contributed by atoms with E-state index in [0.717, 1.165) is 11.1 Å². The summed E-state index contributed by atoms with van der Waals surface area (Å²) in [5.41, 5.74) is 2.56. The average Bonchev–Trinajstić information content (AvgIpc) is 2.99. The van der Waals surface area contributed by atoms with E-state index in [1.807, 2.05) is 43.3 Å². The van der Waals surface area contributed by atoms with Crippen molar-refractivity contribution in [3.8, 4) is 5.75 Å². The number of rotatable bonds is 5. The van der Waals surface area contributed by atoms with Crippen molar-refractivity contribution in [1.29, 1.82) is 0 Å². The smallest absolute Gasteiger partial charge is 0.254 e. The highest BCUT2D eigenvalue weighted by Crippen LogP contribution is 2.24. The lowest BCUT2D eigenvalue weighted by Crippen LogP contribution is -2.40. The topological polar surface area (TPSA) is 63.7 Å². The summed E-state index contributed by atoms with van der Waals surface area (Å²) < 4.78 is 29.1. The van der Waals surface area contributed by atoms with E-state index in [4.69, 9.17) is 4.74 Å². The molecule has 1 aliphatic rings. The maximum absolute atomic E-state index is 13.1. The lowest BCUT2D eigenvalue weighted by Gasteiger charge is -2.28. The standard InChI is InChI=1S/C20H23NO4S/c1-15-6-8-17(9-7-15)20(22)21(18-10-11-26(23,24)14-18)13-16-4-3-5-19(12-16)25-2/h3-9,12,18H,10-11,13-14H2,1-2H3. The van der Waals surface area contributed by atoms with Crippen LogP contribution in [0.25, 0.3) is 0 Å². The van der Waals surface area contributed by atoms with Crippen molar-refractivity contribution in [2.24, 2.45) is 0 Å². The van der Waals surface area contributed by atoms with Crippen molar-refractivity contribution in [1.82, 2.24) is 4.90 Å². The summed E-state index contributed by atoms with van der Waals surface area (Å²) >= 11 is 0. The van der Waals surface area contributed by atoms with Crippen molar-refractivity contribution in [2.45, 2.75) is 25.9 Å². The van der Waals surface area contributed by atoms with Gasteiger partial charge in [0.2, 0.25) is 0 Å². The summed E-state index contributed by atoms with van der Waals surface area (Å²) in [6, 6.07) is 14.6. The zero-order chi connectivity index (χ0) is 18.7. The molecule has 138 valence electrons. The van der Waals surface area contributed by atoms with Gasteiger partial charge < -0.3 is 9.64 Å². The summed E-state index contributed by atoms with van der Waals surface area (Å²) in [5, 5.41) is 0. The van der Waals surface area contributed by atoms with Gasteiger partial charge in [0.15, 0.2) is 9.84 Å². The number of hydrogen-bond donors (Lipinski definition) is 0. The van der Waals surface area contributed by atoms with Gasteiger partial charge in [-0.1, -0.05) is 29.8 Å². The Hall–Kier alpha value is -2.34. The molecule has 1 atom stereocenters. The fraction of sp³-hybridized carbons (Fsp3) is 0.350. The summed E-state index contributed by atoms with van der Waals surface area (Å²) in [7, 11) is -1.49.